The minimum atomic E-state index is -0.295. The summed E-state index contributed by atoms with van der Waals surface area (Å²) in [7, 11) is 0. The first-order chi connectivity index (χ1) is 6.65. The van der Waals surface area contributed by atoms with Crippen molar-refractivity contribution in [1.82, 2.24) is 5.43 Å². The third-order valence-electron chi connectivity index (χ3n) is 2.12. The van der Waals surface area contributed by atoms with Crippen LogP contribution in [0.2, 0.25) is 0 Å². The minimum absolute atomic E-state index is 0.295. The highest BCUT2D eigenvalue weighted by molar-refractivity contribution is 5.58. The Morgan fingerprint density at radius 1 is 1.36 bits per heavy atom. The first-order valence-corrected chi connectivity index (χ1v) is 4.64. The summed E-state index contributed by atoms with van der Waals surface area (Å²) < 4.78 is 0. The lowest BCUT2D eigenvalue weighted by atomic mass is 10.0. The molecule has 0 saturated heterocycles. The molecule has 1 aromatic rings. The largest absolute Gasteiger partial charge is 0.302 e. The number of hydrogen-bond acceptors (Lipinski definition) is 3. The van der Waals surface area contributed by atoms with E-state index < -0.39 is 0 Å². The van der Waals surface area contributed by atoms with Gasteiger partial charge in [-0.25, -0.2) is 5.43 Å². The number of carbonyl (C=O) groups excluding carboxylic acids is 1. The van der Waals surface area contributed by atoms with Crippen LogP contribution < -0.4 is 11.3 Å². The second-order valence-corrected chi connectivity index (χ2v) is 3.61. The highest BCUT2D eigenvalue weighted by atomic mass is 16.1. The molecule has 1 rings (SSSR count). The summed E-state index contributed by atoms with van der Waals surface area (Å²) in [5, 5.41) is 0. The van der Waals surface area contributed by atoms with Crippen LogP contribution in [0, 0.1) is 13.8 Å². The van der Waals surface area contributed by atoms with E-state index in [0.29, 0.717) is 6.42 Å². The Labute approximate surface area is 84.3 Å². The molecule has 0 aromatic heterocycles. The maximum atomic E-state index is 10.6. The van der Waals surface area contributed by atoms with E-state index in [2.05, 4.69) is 23.6 Å². The van der Waals surface area contributed by atoms with Crippen LogP contribution in [0.25, 0.3) is 0 Å². The van der Waals surface area contributed by atoms with Gasteiger partial charge in [0.2, 0.25) is 0 Å². The maximum Gasteiger partial charge on any atom is 0.138 e. The molecule has 0 spiro atoms. The molecule has 0 bridgehead atoms. The number of nitrogens with one attached hydrogen (secondary N) is 1. The van der Waals surface area contributed by atoms with E-state index in [9.17, 15) is 4.79 Å². The zero-order chi connectivity index (χ0) is 10.6. The summed E-state index contributed by atoms with van der Waals surface area (Å²) in [6.07, 6.45) is 1.47. The number of aryl methyl sites for hydroxylation is 2. The molecule has 14 heavy (non-hydrogen) atoms. The van der Waals surface area contributed by atoms with Crippen molar-refractivity contribution in [1.29, 1.82) is 0 Å². The number of nitrogens with two attached hydrogens (primary N) is 1. The fourth-order valence-corrected chi connectivity index (χ4v) is 1.59. The first-order valence-electron chi connectivity index (χ1n) is 4.64. The van der Waals surface area contributed by atoms with Gasteiger partial charge in [-0.1, -0.05) is 29.3 Å². The van der Waals surface area contributed by atoms with Crippen molar-refractivity contribution < 1.29 is 4.79 Å². The molecule has 0 radical (unpaired) electrons. The van der Waals surface area contributed by atoms with Crippen LogP contribution in [-0.4, -0.2) is 12.3 Å². The predicted molar refractivity (Wildman–Crippen MR) is 56.8 cm³/mol. The van der Waals surface area contributed by atoms with E-state index in [4.69, 9.17) is 5.84 Å². The molecule has 3 nitrogen and oxygen atoms in total. The zero-order valence-corrected chi connectivity index (χ0v) is 8.58. The van der Waals surface area contributed by atoms with Crippen molar-refractivity contribution in [2.75, 3.05) is 0 Å². The van der Waals surface area contributed by atoms with Gasteiger partial charge in [0, 0.05) is 0 Å². The molecule has 0 aliphatic rings. The third kappa shape index (κ3) is 2.94. The minimum Gasteiger partial charge on any atom is -0.302 e. The van der Waals surface area contributed by atoms with Gasteiger partial charge in [-0.15, -0.1) is 0 Å². The molecule has 0 aliphatic carbocycles. The van der Waals surface area contributed by atoms with E-state index in [1.54, 1.807) is 0 Å². The highest BCUT2D eigenvalue weighted by Gasteiger charge is 2.05. The Bertz CT molecular complexity index is 303. The van der Waals surface area contributed by atoms with Gasteiger partial charge in [0.1, 0.15) is 6.29 Å². The van der Waals surface area contributed by atoms with Gasteiger partial charge < -0.3 is 4.79 Å². The average Bonchev–Trinajstić information content (AvgIpc) is 2.12. The Morgan fingerprint density at radius 3 is 2.36 bits per heavy atom. The molecule has 3 heteroatoms. The highest BCUT2D eigenvalue weighted by Crippen LogP contribution is 2.10. The summed E-state index contributed by atoms with van der Waals surface area (Å²) in [5.41, 5.74) is 6.03. The molecule has 0 fully saturated rings. The molecule has 0 amide bonds. The molecule has 1 unspecified atom stereocenters. The van der Waals surface area contributed by atoms with Gasteiger partial charge in [0.15, 0.2) is 0 Å². The Hall–Kier alpha value is -1.19. The van der Waals surface area contributed by atoms with Crippen LogP contribution in [0.1, 0.15) is 16.7 Å². The van der Waals surface area contributed by atoms with Crippen molar-refractivity contribution in [3.8, 4) is 0 Å². The summed E-state index contributed by atoms with van der Waals surface area (Å²) in [4.78, 5) is 10.6. The van der Waals surface area contributed by atoms with Gasteiger partial charge in [-0.3, -0.25) is 5.84 Å². The number of hydrogen-bond donors (Lipinski definition) is 2. The zero-order valence-electron chi connectivity index (χ0n) is 8.58. The van der Waals surface area contributed by atoms with Gasteiger partial charge in [0.05, 0.1) is 6.04 Å². The monoisotopic (exact) mass is 192 g/mol. The molecule has 0 saturated carbocycles. The van der Waals surface area contributed by atoms with Gasteiger partial charge in [0.25, 0.3) is 0 Å². The van der Waals surface area contributed by atoms with Crippen LogP contribution >= 0.6 is 0 Å². The van der Waals surface area contributed by atoms with Crippen LogP contribution in [0.3, 0.4) is 0 Å². The fourth-order valence-electron chi connectivity index (χ4n) is 1.59. The van der Waals surface area contributed by atoms with Gasteiger partial charge >= 0.3 is 0 Å². The molecular formula is C11H16N2O. The van der Waals surface area contributed by atoms with Crippen molar-refractivity contribution in [2.24, 2.45) is 5.84 Å². The first kappa shape index (κ1) is 10.9. The topological polar surface area (TPSA) is 55.1 Å². The standard InChI is InChI=1S/C11H16N2O/c1-8-3-9(2)5-10(4-8)6-11(7-14)13-12/h3-5,7,11,13H,6,12H2,1-2H3. The smallest absolute Gasteiger partial charge is 0.138 e. The fraction of sp³-hybridized carbons (Fsp3) is 0.364. The van der Waals surface area contributed by atoms with Crippen molar-refractivity contribution >= 4 is 6.29 Å². The molecule has 0 heterocycles. The molecule has 1 atom stereocenters. The van der Waals surface area contributed by atoms with Crippen molar-refractivity contribution in [3.63, 3.8) is 0 Å². The SMILES string of the molecule is Cc1cc(C)cc(CC(C=O)NN)c1. The van der Waals surface area contributed by atoms with Crippen LogP contribution in [0.5, 0.6) is 0 Å². The molecular weight excluding hydrogens is 176 g/mol. The van der Waals surface area contributed by atoms with E-state index in [0.717, 1.165) is 11.8 Å². The summed E-state index contributed by atoms with van der Waals surface area (Å²) in [5.74, 6) is 5.23. The summed E-state index contributed by atoms with van der Waals surface area (Å²) in [6.45, 7) is 4.09. The average molecular weight is 192 g/mol. The van der Waals surface area contributed by atoms with Crippen LogP contribution in [-0.2, 0) is 11.2 Å². The van der Waals surface area contributed by atoms with E-state index in [-0.39, 0.29) is 6.04 Å². The number of hydrazine groups is 1. The third-order valence-corrected chi connectivity index (χ3v) is 2.12. The van der Waals surface area contributed by atoms with E-state index >= 15 is 0 Å². The Kier molecular flexibility index (Phi) is 3.80. The maximum absolute atomic E-state index is 10.6. The normalized spacial score (nSPS) is 12.5. The van der Waals surface area contributed by atoms with E-state index in [1.807, 2.05) is 13.8 Å². The van der Waals surface area contributed by atoms with Crippen LogP contribution in [0.15, 0.2) is 18.2 Å². The quantitative estimate of drug-likeness (QED) is 0.423. The van der Waals surface area contributed by atoms with Crippen molar-refractivity contribution in [3.05, 3.63) is 34.9 Å². The second kappa shape index (κ2) is 4.88. The predicted octanol–water partition coefficient (Wildman–Crippen LogP) is 0.877. The number of benzene rings is 1. The lowest BCUT2D eigenvalue weighted by Crippen LogP contribution is -2.37. The van der Waals surface area contributed by atoms with E-state index in [1.165, 1.54) is 11.1 Å². The Balaban J connectivity index is 2.80. The van der Waals surface area contributed by atoms with Gasteiger partial charge in [-0.05, 0) is 25.8 Å². The van der Waals surface area contributed by atoms with Gasteiger partial charge in [-0.2, -0.15) is 0 Å². The summed E-state index contributed by atoms with van der Waals surface area (Å²) in [6, 6.07) is 5.95. The summed E-state index contributed by atoms with van der Waals surface area (Å²) >= 11 is 0. The van der Waals surface area contributed by atoms with Crippen molar-refractivity contribution in [2.45, 2.75) is 26.3 Å². The molecule has 76 valence electrons. The number of aldehydes is 1. The number of rotatable bonds is 4. The lowest BCUT2D eigenvalue weighted by Gasteiger charge is -2.09. The van der Waals surface area contributed by atoms with Crippen LogP contribution in [0.4, 0.5) is 0 Å². The molecule has 1 aromatic carbocycles. The Morgan fingerprint density at radius 2 is 1.93 bits per heavy atom. The number of carbonyl (C=O) groups is 1. The molecule has 3 N–H and O–H groups in total. The molecule has 0 aliphatic heterocycles. The second-order valence-electron chi connectivity index (χ2n) is 3.61. The lowest BCUT2D eigenvalue weighted by molar-refractivity contribution is -0.109.